The fourth-order valence-electron chi connectivity index (χ4n) is 2.29. The predicted octanol–water partition coefficient (Wildman–Crippen LogP) is 2.59. The lowest BCUT2D eigenvalue weighted by molar-refractivity contribution is 0.618. The molecule has 2 rings (SSSR count). The molecular formula is C12H17BrN2. The number of hydrogen-bond acceptors (Lipinski definition) is 2. The predicted molar refractivity (Wildman–Crippen MR) is 68.7 cm³/mol. The quantitative estimate of drug-likeness (QED) is 0.907. The van der Waals surface area contributed by atoms with Crippen molar-refractivity contribution in [2.24, 2.45) is 0 Å². The van der Waals surface area contributed by atoms with Gasteiger partial charge < -0.3 is 10.2 Å². The molecule has 0 radical (unpaired) electrons. The van der Waals surface area contributed by atoms with Crippen LogP contribution in [0, 0.1) is 0 Å². The van der Waals surface area contributed by atoms with Gasteiger partial charge in [0.2, 0.25) is 0 Å². The Labute approximate surface area is 99.8 Å². The van der Waals surface area contributed by atoms with Gasteiger partial charge in [-0.1, -0.05) is 15.9 Å². The van der Waals surface area contributed by atoms with E-state index in [-0.39, 0.29) is 0 Å². The Kier molecular flexibility index (Phi) is 3.32. The first-order valence-electron chi connectivity index (χ1n) is 5.37. The second-order valence-electron chi connectivity index (χ2n) is 4.17. The first-order chi connectivity index (χ1) is 7.22. The number of fused-ring (bicyclic) bond motifs is 1. The summed E-state index contributed by atoms with van der Waals surface area (Å²) >= 11 is 3.55. The van der Waals surface area contributed by atoms with Crippen LogP contribution in [-0.2, 0) is 0 Å². The number of nitrogens with one attached hydrogen (secondary N) is 1. The zero-order valence-electron chi connectivity index (χ0n) is 9.26. The van der Waals surface area contributed by atoms with E-state index in [1.807, 2.05) is 7.05 Å². The maximum Gasteiger partial charge on any atom is 0.0400 e. The maximum absolute atomic E-state index is 3.55. The molecule has 0 spiro atoms. The van der Waals surface area contributed by atoms with Gasteiger partial charge in [-0.3, -0.25) is 0 Å². The number of rotatable bonds is 3. The third-order valence-electron chi connectivity index (χ3n) is 3.08. The molecule has 1 aliphatic rings. The Morgan fingerprint density at radius 2 is 2.33 bits per heavy atom. The summed E-state index contributed by atoms with van der Waals surface area (Å²) < 4.78 is 1.19. The Morgan fingerprint density at radius 3 is 3.07 bits per heavy atom. The number of hydrogen-bond donors (Lipinski definition) is 1. The van der Waals surface area contributed by atoms with Gasteiger partial charge >= 0.3 is 0 Å². The van der Waals surface area contributed by atoms with E-state index in [9.17, 15) is 0 Å². The van der Waals surface area contributed by atoms with Crippen molar-refractivity contribution in [3.8, 4) is 0 Å². The summed E-state index contributed by atoms with van der Waals surface area (Å²) in [5, 5.41) is 3.22. The maximum atomic E-state index is 3.55. The normalized spacial score (nSPS) is 19.4. The molecule has 0 saturated carbocycles. The summed E-state index contributed by atoms with van der Waals surface area (Å²) in [7, 11) is 4.19. The highest BCUT2D eigenvalue weighted by molar-refractivity contribution is 9.10. The molecule has 15 heavy (non-hydrogen) atoms. The minimum atomic E-state index is 0.676. The van der Waals surface area contributed by atoms with Crippen molar-refractivity contribution in [2.45, 2.75) is 12.3 Å². The van der Waals surface area contributed by atoms with Crippen molar-refractivity contribution >= 4 is 21.6 Å². The molecule has 1 aromatic rings. The van der Waals surface area contributed by atoms with Crippen molar-refractivity contribution in [1.82, 2.24) is 5.32 Å². The number of likely N-dealkylation sites (N-methyl/N-ethyl adjacent to an activating group) is 1. The molecule has 1 atom stereocenters. The van der Waals surface area contributed by atoms with Gasteiger partial charge in [-0.25, -0.2) is 0 Å². The van der Waals surface area contributed by atoms with Crippen LogP contribution in [0.4, 0.5) is 5.69 Å². The van der Waals surface area contributed by atoms with Gasteiger partial charge in [0.25, 0.3) is 0 Å². The Bertz CT molecular complexity index is 351. The van der Waals surface area contributed by atoms with Crippen LogP contribution in [0.25, 0.3) is 0 Å². The lowest BCUT2D eigenvalue weighted by Gasteiger charge is -2.12. The van der Waals surface area contributed by atoms with E-state index in [1.54, 1.807) is 0 Å². The van der Waals surface area contributed by atoms with Crippen LogP contribution >= 0.6 is 15.9 Å². The molecule has 1 N–H and O–H groups in total. The molecule has 82 valence electrons. The average molecular weight is 269 g/mol. The minimum Gasteiger partial charge on any atom is -0.374 e. The Balaban J connectivity index is 2.23. The second-order valence-corrected chi connectivity index (χ2v) is 5.09. The highest BCUT2D eigenvalue weighted by Gasteiger charge is 2.25. The number of benzene rings is 1. The topological polar surface area (TPSA) is 15.3 Å². The van der Waals surface area contributed by atoms with Crippen LogP contribution in [0.1, 0.15) is 17.9 Å². The van der Waals surface area contributed by atoms with Crippen molar-refractivity contribution in [2.75, 3.05) is 32.1 Å². The van der Waals surface area contributed by atoms with E-state index >= 15 is 0 Å². The smallest absolute Gasteiger partial charge is 0.0400 e. The highest BCUT2D eigenvalue weighted by Crippen LogP contribution is 2.38. The Morgan fingerprint density at radius 1 is 1.53 bits per heavy atom. The Hall–Kier alpha value is -0.540. The molecule has 0 aliphatic carbocycles. The average Bonchev–Trinajstić information content (AvgIpc) is 2.52. The van der Waals surface area contributed by atoms with Crippen molar-refractivity contribution < 1.29 is 0 Å². The van der Waals surface area contributed by atoms with Gasteiger partial charge in [0, 0.05) is 29.7 Å². The van der Waals surface area contributed by atoms with E-state index < -0.39 is 0 Å². The van der Waals surface area contributed by atoms with Gasteiger partial charge in [0.1, 0.15) is 0 Å². The van der Waals surface area contributed by atoms with E-state index in [0.717, 1.165) is 13.1 Å². The molecule has 0 amide bonds. The number of anilines is 1. The molecule has 1 aromatic carbocycles. The second kappa shape index (κ2) is 4.54. The van der Waals surface area contributed by atoms with Gasteiger partial charge in [0.05, 0.1) is 0 Å². The number of halogens is 1. The van der Waals surface area contributed by atoms with Gasteiger partial charge in [-0.2, -0.15) is 0 Å². The molecule has 1 heterocycles. The lowest BCUT2D eigenvalue weighted by atomic mass is 9.98. The summed E-state index contributed by atoms with van der Waals surface area (Å²) in [5.41, 5.74) is 2.88. The van der Waals surface area contributed by atoms with Crippen molar-refractivity contribution in [1.29, 1.82) is 0 Å². The first kappa shape index (κ1) is 11.0. The third-order valence-corrected chi connectivity index (χ3v) is 3.57. The van der Waals surface area contributed by atoms with Gasteiger partial charge in [-0.15, -0.1) is 0 Å². The van der Waals surface area contributed by atoms with E-state index in [2.05, 4.69) is 51.4 Å². The molecule has 3 heteroatoms. The molecule has 2 nitrogen and oxygen atoms in total. The summed E-state index contributed by atoms with van der Waals surface area (Å²) in [6, 6.07) is 6.59. The highest BCUT2D eigenvalue weighted by atomic mass is 79.9. The number of nitrogens with zero attached hydrogens (tertiary/aromatic N) is 1. The van der Waals surface area contributed by atoms with Crippen LogP contribution in [0.15, 0.2) is 22.7 Å². The van der Waals surface area contributed by atoms with Crippen LogP contribution in [0.3, 0.4) is 0 Å². The molecule has 0 bridgehead atoms. The summed E-state index contributed by atoms with van der Waals surface area (Å²) in [5.74, 6) is 0.676. The van der Waals surface area contributed by atoms with E-state index in [1.165, 1.54) is 22.1 Å². The first-order valence-corrected chi connectivity index (χ1v) is 6.17. The van der Waals surface area contributed by atoms with Gasteiger partial charge in [0.15, 0.2) is 0 Å². The van der Waals surface area contributed by atoms with Crippen LogP contribution in [0.5, 0.6) is 0 Å². The van der Waals surface area contributed by atoms with Crippen molar-refractivity contribution in [3.05, 3.63) is 28.2 Å². The molecule has 0 aromatic heterocycles. The SMILES string of the molecule is CNCCC1CN(C)c2ccc(Br)cc21. The van der Waals surface area contributed by atoms with Crippen molar-refractivity contribution in [3.63, 3.8) is 0 Å². The summed E-state index contributed by atoms with van der Waals surface area (Å²) in [6.07, 6.45) is 1.21. The van der Waals surface area contributed by atoms with Crippen LogP contribution < -0.4 is 10.2 Å². The zero-order valence-corrected chi connectivity index (χ0v) is 10.8. The van der Waals surface area contributed by atoms with Gasteiger partial charge in [-0.05, 0) is 43.8 Å². The fraction of sp³-hybridized carbons (Fsp3) is 0.500. The standard InChI is InChI=1S/C12H17BrN2/c1-14-6-5-9-8-15(2)12-4-3-10(13)7-11(9)12/h3-4,7,9,14H,5-6,8H2,1-2H3. The molecule has 0 fully saturated rings. The van der Waals surface area contributed by atoms with Crippen LogP contribution in [0.2, 0.25) is 0 Å². The summed E-state index contributed by atoms with van der Waals surface area (Å²) in [6.45, 7) is 2.23. The minimum absolute atomic E-state index is 0.676. The zero-order chi connectivity index (χ0) is 10.8. The fourth-order valence-corrected chi connectivity index (χ4v) is 2.67. The summed E-state index contributed by atoms with van der Waals surface area (Å²) in [4.78, 5) is 2.35. The molecule has 0 saturated heterocycles. The van der Waals surface area contributed by atoms with E-state index in [4.69, 9.17) is 0 Å². The lowest BCUT2D eigenvalue weighted by Crippen LogP contribution is -2.18. The largest absolute Gasteiger partial charge is 0.374 e. The van der Waals surface area contributed by atoms with E-state index in [0.29, 0.717) is 5.92 Å². The molecule has 1 aliphatic heterocycles. The molecular weight excluding hydrogens is 252 g/mol. The third kappa shape index (κ3) is 2.18. The monoisotopic (exact) mass is 268 g/mol. The molecule has 1 unspecified atom stereocenters. The van der Waals surface area contributed by atoms with Crippen LogP contribution in [-0.4, -0.2) is 27.2 Å².